The molecular formula is C17H18INO3. The zero-order valence-corrected chi connectivity index (χ0v) is 14.4. The number of amides is 1. The molecular weight excluding hydrogens is 393 g/mol. The average molecular weight is 411 g/mol. The van der Waals surface area contributed by atoms with Gasteiger partial charge in [-0.2, -0.15) is 0 Å². The van der Waals surface area contributed by atoms with Gasteiger partial charge in [0, 0.05) is 16.2 Å². The predicted molar refractivity (Wildman–Crippen MR) is 96.0 cm³/mol. The molecule has 1 atom stereocenters. The molecule has 2 aromatic rings. The maximum absolute atomic E-state index is 12.6. The number of phenols is 1. The Bertz CT molecular complexity index is 597. The van der Waals surface area contributed by atoms with Crippen molar-refractivity contribution >= 4 is 34.4 Å². The third-order valence-corrected chi connectivity index (χ3v) is 4.30. The second-order valence-electron chi connectivity index (χ2n) is 4.78. The van der Waals surface area contributed by atoms with Gasteiger partial charge >= 0.3 is 6.09 Å². The number of carbonyl (C=O) groups excluding carboxylic acids is 1. The van der Waals surface area contributed by atoms with Gasteiger partial charge in [0.15, 0.2) is 0 Å². The number of alkyl halides is 1. The van der Waals surface area contributed by atoms with Crippen LogP contribution in [-0.4, -0.2) is 21.7 Å². The van der Waals surface area contributed by atoms with Crippen molar-refractivity contribution in [2.24, 2.45) is 0 Å². The molecule has 0 heterocycles. The lowest BCUT2D eigenvalue weighted by atomic mass is 10.2. The molecule has 0 spiro atoms. The van der Waals surface area contributed by atoms with Gasteiger partial charge in [0.1, 0.15) is 11.5 Å². The smallest absolute Gasteiger partial charge is 0.420 e. The topological polar surface area (TPSA) is 49.8 Å². The highest BCUT2D eigenvalue weighted by Crippen LogP contribution is 2.24. The van der Waals surface area contributed by atoms with E-state index >= 15 is 0 Å². The van der Waals surface area contributed by atoms with E-state index in [4.69, 9.17) is 4.74 Å². The highest BCUT2D eigenvalue weighted by Gasteiger charge is 2.25. The molecule has 22 heavy (non-hydrogen) atoms. The number of ether oxygens (including phenoxy) is 1. The van der Waals surface area contributed by atoms with Gasteiger partial charge in [-0.1, -0.05) is 47.7 Å². The monoisotopic (exact) mass is 411 g/mol. The van der Waals surface area contributed by atoms with Crippen LogP contribution in [0.4, 0.5) is 10.5 Å². The average Bonchev–Trinajstić information content (AvgIpc) is 2.54. The molecule has 0 aliphatic rings. The SMILES string of the molecule is CC[C@H](CI)N(C(=O)Oc1ccccc1)c1ccc(O)cc1. The van der Waals surface area contributed by atoms with E-state index in [-0.39, 0.29) is 11.8 Å². The van der Waals surface area contributed by atoms with Gasteiger partial charge in [-0.3, -0.25) is 4.90 Å². The summed E-state index contributed by atoms with van der Waals surface area (Å²) in [6.07, 6.45) is 0.397. The first-order valence-electron chi connectivity index (χ1n) is 7.06. The van der Waals surface area contributed by atoms with E-state index in [0.717, 1.165) is 10.8 Å². The second kappa shape index (κ2) is 8.03. The van der Waals surface area contributed by atoms with E-state index in [0.29, 0.717) is 11.4 Å². The third kappa shape index (κ3) is 4.13. The molecule has 0 saturated heterocycles. The van der Waals surface area contributed by atoms with Crippen LogP contribution in [0.1, 0.15) is 13.3 Å². The Hall–Kier alpha value is -1.76. The van der Waals surface area contributed by atoms with Crippen molar-refractivity contribution in [2.45, 2.75) is 19.4 Å². The summed E-state index contributed by atoms with van der Waals surface area (Å²) < 4.78 is 6.26. The summed E-state index contributed by atoms with van der Waals surface area (Å²) in [5, 5.41) is 9.43. The fraction of sp³-hybridized carbons (Fsp3) is 0.235. The van der Waals surface area contributed by atoms with Gasteiger partial charge in [0.2, 0.25) is 0 Å². The maximum atomic E-state index is 12.6. The number of phenolic OH excluding ortho intramolecular Hbond substituents is 1. The van der Waals surface area contributed by atoms with Crippen molar-refractivity contribution in [2.75, 3.05) is 9.33 Å². The van der Waals surface area contributed by atoms with Crippen LogP contribution >= 0.6 is 22.6 Å². The number of hydrogen-bond acceptors (Lipinski definition) is 3. The molecule has 0 radical (unpaired) electrons. The Balaban J connectivity index is 2.27. The van der Waals surface area contributed by atoms with Crippen LogP contribution in [0.3, 0.4) is 0 Å². The van der Waals surface area contributed by atoms with Crippen LogP contribution in [0.2, 0.25) is 0 Å². The van der Waals surface area contributed by atoms with Gasteiger partial charge < -0.3 is 9.84 Å². The normalized spacial score (nSPS) is 11.7. The molecule has 0 aliphatic carbocycles. The number of nitrogens with zero attached hydrogens (tertiary/aromatic N) is 1. The Morgan fingerprint density at radius 2 is 1.82 bits per heavy atom. The number of anilines is 1. The quantitative estimate of drug-likeness (QED) is 0.578. The molecule has 0 aliphatic heterocycles. The number of carbonyl (C=O) groups is 1. The van der Waals surface area contributed by atoms with Crippen LogP contribution in [-0.2, 0) is 0 Å². The molecule has 0 fully saturated rings. The molecule has 1 N–H and O–H groups in total. The summed E-state index contributed by atoms with van der Waals surface area (Å²) in [6.45, 7) is 2.03. The van der Waals surface area contributed by atoms with Crippen molar-refractivity contribution in [1.82, 2.24) is 0 Å². The van der Waals surface area contributed by atoms with E-state index in [1.165, 1.54) is 0 Å². The largest absolute Gasteiger partial charge is 0.508 e. The molecule has 0 saturated carbocycles. The summed E-state index contributed by atoms with van der Waals surface area (Å²) in [7, 11) is 0. The standard InChI is InChI=1S/C17H18INO3/c1-2-13(12-18)19(14-8-10-15(20)11-9-14)17(21)22-16-6-4-3-5-7-16/h3-11,13,20H,2,12H2,1H3/t13-/m1/s1. The van der Waals surface area contributed by atoms with Gasteiger partial charge in [0.05, 0.1) is 0 Å². The molecule has 116 valence electrons. The van der Waals surface area contributed by atoms with Gasteiger partial charge in [0.25, 0.3) is 0 Å². The minimum absolute atomic E-state index is 0.0290. The second-order valence-corrected chi connectivity index (χ2v) is 5.66. The third-order valence-electron chi connectivity index (χ3n) is 3.29. The maximum Gasteiger partial charge on any atom is 0.420 e. The van der Waals surface area contributed by atoms with E-state index in [1.54, 1.807) is 41.3 Å². The van der Waals surface area contributed by atoms with Crippen molar-refractivity contribution in [1.29, 1.82) is 0 Å². The van der Waals surface area contributed by atoms with Crippen LogP contribution in [0, 0.1) is 0 Å². The highest BCUT2D eigenvalue weighted by molar-refractivity contribution is 14.1. The molecule has 0 unspecified atom stereocenters. The predicted octanol–water partition coefficient (Wildman–Crippen LogP) is 4.61. The van der Waals surface area contributed by atoms with Crippen LogP contribution in [0.25, 0.3) is 0 Å². The molecule has 4 nitrogen and oxygen atoms in total. The van der Waals surface area contributed by atoms with E-state index in [9.17, 15) is 9.90 Å². The summed E-state index contributed by atoms with van der Waals surface area (Å²) in [6, 6.07) is 15.6. The van der Waals surface area contributed by atoms with Crippen molar-refractivity contribution < 1.29 is 14.6 Å². The lowest BCUT2D eigenvalue weighted by Gasteiger charge is -2.29. The van der Waals surface area contributed by atoms with E-state index in [2.05, 4.69) is 22.6 Å². The van der Waals surface area contributed by atoms with Crippen molar-refractivity contribution in [3.63, 3.8) is 0 Å². The molecule has 2 aromatic carbocycles. The summed E-state index contributed by atoms with van der Waals surface area (Å²) in [5.41, 5.74) is 0.710. The minimum atomic E-state index is -0.416. The zero-order chi connectivity index (χ0) is 15.9. The summed E-state index contributed by atoms with van der Waals surface area (Å²) in [4.78, 5) is 14.2. The minimum Gasteiger partial charge on any atom is -0.508 e. The van der Waals surface area contributed by atoms with Gasteiger partial charge in [-0.15, -0.1) is 0 Å². The molecule has 1 amide bonds. The number of aromatic hydroxyl groups is 1. The number of benzene rings is 2. The zero-order valence-electron chi connectivity index (χ0n) is 12.3. The Labute approximate surface area is 143 Å². The number of halogens is 1. The Morgan fingerprint density at radius 1 is 1.18 bits per heavy atom. The van der Waals surface area contributed by atoms with Crippen molar-refractivity contribution in [3.8, 4) is 11.5 Å². The first-order chi connectivity index (χ1) is 10.7. The number of para-hydroxylation sites is 1. The van der Waals surface area contributed by atoms with Crippen molar-refractivity contribution in [3.05, 3.63) is 54.6 Å². The van der Waals surface area contributed by atoms with E-state index < -0.39 is 6.09 Å². The highest BCUT2D eigenvalue weighted by atomic mass is 127. The fourth-order valence-electron chi connectivity index (χ4n) is 2.08. The lowest BCUT2D eigenvalue weighted by molar-refractivity contribution is 0.205. The summed E-state index contributed by atoms with van der Waals surface area (Å²) in [5.74, 6) is 0.683. The number of hydrogen-bond donors (Lipinski definition) is 1. The molecule has 2 rings (SSSR count). The van der Waals surface area contributed by atoms with Gasteiger partial charge in [-0.25, -0.2) is 4.79 Å². The fourth-order valence-corrected chi connectivity index (χ4v) is 3.09. The summed E-state index contributed by atoms with van der Waals surface area (Å²) >= 11 is 2.26. The molecule has 0 aromatic heterocycles. The Morgan fingerprint density at radius 3 is 2.36 bits per heavy atom. The molecule has 0 bridgehead atoms. The van der Waals surface area contributed by atoms with Gasteiger partial charge in [-0.05, 0) is 42.8 Å². The number of rotatable bonds is 5. The Kier molecular flexibility index (Phi) is 6.06. The van der Waals surface area contributed by atoms with Crippen LogP contribution < -0.4 is 9.64 Å². The first-order valence-corrected chi connectivity index (χ1v) is 8.59. The van der Waals surface area contributed by atoms with E-state index in [1.807, 2.05) is 25.1 Å². The van der Waals surface area contributed by atoms with Crippen LogP contribution in [0.15, 0.2) is 54.6 Å². The lowest BCUT2D eigenvalue weighted by Crippen LogP contribution is -2.43. The first kappa shape index (κ1) is 16.6. The van der Waals surface area contributed by atoms with Crippen LogP contribution in [0.5, 0.6) is 11.5 Å². The molecule has 5 heteroatoms.